The molecule has 1 amide bonds. The highest BCUT2D eigenvalue weighted by Gasteiger charge is 2.31. The van der Waals surface area contributed by atoms with Crippen molar-refractivity contribution in [2.45, 2.75) is 24.9 Å². The van der Waals surface area contributed by atoms with Gasteiger partial charge in [0.25, 0.3) is 0 Å². The van der Waals surface area contributed by atoms with Crippen LogP contribution < -0.4 is 10.6 Å². The van der Waals surface area contributed by atoms with Crippen LogP contribution in [0.5, 0.6) is 0 Å². The number of carbonyl (C=O) groups excluding carboxylic acids is 1. The van der Waals surface area contributed by atoms with Gasteiger partial charge in [0.1, 0.15) is 0 Å². The molecular formula is C15H29IN6O. The number of rotatable bonds is 3. The molecular weight excluding hydrogens is 407 g/mol. The lowest BCUT2D eigenvalue weighted by Crippen LogP contribution is -2.64. The van der Waals surface area contributed by atoms with E-state index in [1.807, 2.05) is 14.1 Å². The summed E-state index contributed by atoms with van der Waals surface area (Å²) in [6.07, 6.45) is 1.50. The smallest absolute Gasteiger partial charge is 0.222 e. The van der Waals surface area contributed by atoms with E-state index in [-0.39, 0.29) is 29.9 Å². The first-order chi connectivity index (χ1) is 10.7. The van der Waals surface area contributed by atoms with E-state index in [1.54, 1.807) is 4.90 Å². The molecule has 0 aromatic heterocycles. The van der Waals surface area contributed by atoms with Crippen molar-refractivity contribution in [2.75, 3.05) is 59.9 Å². The van der Waals surface area contributed by atoms with Crippen molar-refractivity contribution < 1.29 is 4.79 Å². The molecule has 4 fully saturated rings. The maximum atomic E-state index is 11.5. The quantitative estimate of drug-likeness (QED) is 0.351. The summed E-state index contributed by atoms with van der Waals surface area (Å²) in [6.45, 7) is 7.64. The molecule has 4 saturated heterocycles. The first kappa shape index (κ1) is 18.7. The molecule has 0 aromatic rings. The fourth-order valence-corrected chi connectivity index (χ4v) is 3.65. The van der Waals surface area contributed by atoms with E-state index >= 15 is 0 Å². The Labute approximate surface area is 155 Å². The molecule has 0 saturated carbocycles. The number of amides is 1. The van der Waals surface area contributed by atoms with Crippen LogP contribution in [0.15, 0.2) is 4.99 Å². The first-order valence-electron chi connectivity index (χ1n) is 8.33. The van der Waals surface area contributed by atoms with Crippen molar-refractivity contribution in [1.29, 1.82) is 0 Å². The summed E-state index contributed by atoms with van der Waals surface area (Å²) in [4.78, 5) is 22.8. The molecule has 8 heteroatoms. The molecule has 0 aromatic carbocycles. The predicted octanol–water partition coefficient (Wildman–Crippen LogP) is -0.610. The van der Waals surface area contributed by atoms with Crippen molar-refractivity contribution in [2.24, 2.45) is 4.99 Å². The highest BCUT2D eigenvalue weighted by Crippen LogP contribution is 2.15. The average Bonchev–Trinajstić information content (AvgIpc) is 2.56. The summed E-state index contributed by atoms with van der Waals surface area (Å²) in [7, 11) is 3.68. The Hall–Kier alpha value is -0.610. The maximum Gasteiger partial charge on any atom is 0.222 e. The topological polar surface area (TPSA) is 63.2 Å². The van der Waals surface area contributed by atoms with E-state index in [2.05, 4.69) is 25.4 Å². The number of aliphatic imine (C=N–C) groups is 1. The molecule has 2 N–H and O–H groups in total. The van der Waals surface area contributed by atoms with Gasteiger partial charge in [0.05, 0.1) is 0 Å². The Morgan fingerprint density at radius 2 is 2.00 bits per heavy atom. The zero-order valence-corrected chi connectivity index (χ0v) is 16.5. The Balaban J connectivity index is 0.00000192. The van der Waals surface area contributed by atoms with Gasteiger partial charge >= 0.3 is 0 Å². The first-order valence-corrected chi connectivity index (χ1v) is 8.33. The molecule has 0 aliphatic carbocycles. The summed E-state index contributed by atoms with van der Waals surface area (Å²) in [5.74, 6) is 1.09. The van der Waals surface area contributed by atoms with Crippen molar-refractivity contribution in [3.05, 3.63) is 0 Å². The van der Waals surface area contributed by atoms with Gasteiger partial charge in [0, 0.05) is 78.4 Å². The lowest BCUT2D eigenvalue weighted by Gasteiger charge is -2.47. The average molecular weight is 436 g/mol. The van der Waals surface area contributed by atoms with Crippen LogP contribution in [0.25, 0.3) is 0 Å². The third-order valence-corrected chi connectivity index (χ3v) is 5.09. The van der Waals surface area contributed by atoms with Gasteiger partial charge < -0.3 is 15.5 Å². The Morgan fingerprint density at radius 1 is 1.26 bits per heavy atom. The zero-order chi connectivity index (χ0) is 15.5. The van der Waals surface area contributed by atoms with Gasteiger partial charge in [-0.15, -0.1) is 24.0 Å². The minimum Gasteiger partial charge on any atom is -0.355 e. The number of nitrogens with one attached hydrogen (secondary N) is 2. The number of carbonyl (C=O) groups is 1. The van der Waals surface area contributed by atoms with E-state index in [1.165, 1.54) is 26.2 Å². The molecule has 132 valence electrons. The second-order valence-corrected chi connectivity index (χ2v) is 6.60. The van der Waals surface area contributed by atoms with Gasteiger partial charge in [-0.25, -0.2) is 0 Å². The lowest BCUT2D eigenvalue weighted by molar-refractivity contribution is -0.132. The number of likely N-dealkylation sites (N-methyl/N-ethyl adjacent to an activating group) is 1. The van der Waals surface area contributed by atoms with Crippen LogP contribution >= 0.6 is 24.0 Å². The minimum atomic E-state index is 0. The summed E-state index contributed by atoms with van der Waals surface area (Å²) >= 11 is 0. The van der Waals surface area contributed by atoms with Gasteiger partial charge in [0.15, 0.2) is 5.96 Å². The van der Waals surface area contributed by atoms with Gasteiger partial charge in [-0.2, -0.15) is 0 Å². The second kappa shape index (κ2) is 8.48. The van der Waals surface area contributed by atoms with E-state index in [9.17, 15) is 4.79 Å². The SMILES string of the molecule is CN=C(NCC1CN2CCN1CC2)NC1CCC(=O)N(C)C1.I. The number of nitrogens with zero attached hydrogens (tertiary/aromatic N) is 4. The monoisotopic (exact) mass is 436 g/mol. The third-order valence-electron chi connectivity index (χ3n) is 5.09. The van der Waals surface area contributed by atoms with Crippen molar-refractivity contribution in [1.82, 2.24) is 25.3 Å². The number of hydrogen-bond donors (Lipinski definition) is 2. The van der Waals surface area contributed by atoms with Crippen LogP contribution in [0, 0.1) is 0 Å². The fraction of sp³-hybridized carbons (Fsp3) is 0.867. The molecule has 23 heavy (non-hydrogen) atoms. The summed E-state index contributed by atoms with van der Waals surface area (Å²) in [5, 5.41) is 6.92. The van der Waals surface area contributed by atoms with Crippen LogP contribution in [0.1, 0.15) is 12.8 Å². The summed E-state index contributed by atoms with van der Waals surface area (Å²) < 4.78 is 0. The number of fused-ring (bicyclic) bond motifs is 3. The third kappa shape index (κ3) is 4.69. The van der Waals surface area contributed by atoms with E-state index < -0.39 is 0 Å². The highest BCUT2D eigenvalue weighted by molar-refractivity contribution is 14.0. The van der Waals surface area contributed by atoms with Gasteiger partial charge in [-0.1, -0.05) is 0 Å². The van der Waals surface area contributed by atoms with Crippen molar-refractivity contribution in [3.8, 4) is 0 Å². The lowest BCUT2D eigenvalue weighted by atomic mass is 10.1. The molecule has 4 aliphatic heterocycles. The molecule has 2 bridgehead atoms. The van der Waals surface area contributed by atoms with Gasteiger partial charge in [0.2, 0.25) is 5.91 Å². The number of piperidine rings is 1. The van der Waals surface area contributed by atoms with E-state index in [0.717, 1.165) is 32.0 Å². The number of hydrogen-bond acceptors (Lipinski definition) is 4. The molecule has 7 nitrogen and oxygen atoms in total. The molecule has 0 radical (unpaired) electrons. The summed E-state index contributed by atoms with van der Waals surface area (Å²) in [5.41, 5.74) is 0. The normalized spacial score (nSPS) is 34.1. The largest absolute Gasteiger partial charge is 0.355 e. The Kier molecular flexibility index (Phi) is 6.90. The zero-order valence-electron chi connectivity index (χ0n) is 14.1. The second-order valence-electron chi connectivity index (χ2n) is 6.60. The molecule has 4 rings (SSSR count). The van der Waals surface area contributed by atoms with Crippen molar-refractivity contribution >= 4 is 35.8 Å². The number of likely N-dealkylation sites (tertiary alicyclic amines) is 1. The highest BCUT2D eigenvalue weighted by atomic mass is 127. The summed E-state index contributed by atoms with van der Waals surface area (Å²) in [6, 6.07) is 0.873. The van der Waals surface area contributed by atoms with Crippen LogP contribution in [0.3, 0.4) is 0 Å². The van der Waals surface area contributed by atoms with Crippen LogP contribution in [-0.2, 0) is 4.79 Å². The molecule has 0 spiro atoms. The Bertz CT molecular complexity index is 438. The molecule has 2 unspecified atom stereocenters. The van der Waals surface area contributed by atoms with E-state index in [4.69, 9.17) is 0 Å². The fourth-order valence-electron chi connectivity index (χ4n) is 3.65. The standard InChI is InChI=1S/C15H28N6O.HI/c1-16-15(18-12-3-4-14(22)19(2)10-12)17-9-13-11-20-5-7-21(13)8-6-20;/h12-13H,3-11H2,1-2H3,(H2,16,17,18);1H. The maximum absolute atomic E-state index is 11.5. The van der Waals surface area contributed by atoms with E-state index in [0.29, 0.717) is 18.5 Å². The predicted molar refractivity (Wildman–Crippen MR) is 102 cm³/mol. The number of guanidine groups is 1. The minimum absolute atomic E-state index is 0. The van der Waals surface area contributed by atoms with Crippen LogP contribution in [0.2, 0.25) is 0 Å². The van der Waals surface area contributed by atoms with Gasteiger partial charge in [-0.3, -0.25) is 19.6 Å². The number of halogens is 1. The van der Waals surface area contributed by atoms with Gasteiger partial charge in [-0.05, 0) is 6.42 Å². The van der Waals surface area contributed by atoms with Crippen molar-refractivity contribution in [3.63, 3.8) is 0 Å². The molecule has 4 heterocycles. The molecule has 2 atom stereocenters. The van der Waals surface area contributed by atoms with Crippen LogP contribution in [-0.4, -0.2) is 98.6 Å². The number of piperazine rings is 3. The molecule has 4 aliphatic rings. The Morgan fingerprint density at radius 3 is 2.57 bits per heavy atom. The van der Waals surface area contributed by atoms with Crippen LogP contribution in [0.4, 0.5) is 0 Å².